The van der Waals surface area contributed by atoms with Gasteiger partial charge in [0.2, 0.25) is 0 Å². The number of aromatic nitrogens is 2. The van der Waals surface area contributed by atoms with Crippen LogP contribution in [0.4, 0.5) is 0 Å². The molecule has 0 saturated carbocycles. The molecule has 1 aromatic heterocycles. The largest absolute Gasteiger partial charge is 0.409 e. The lowest BCUT2D eigenvalue weighted by Gasteiger charge is -1.96. The molecule has 0 fully saturated rings. The molecule has 0 atom stereocenters. The highest BCUT2D eigenvalue weighted by atomic mass is 16.4. The molecule has 5 heteroatoms. The number of rotatable bonds is 2. The second-order valence-corrected chi connectivity index (χ2v) is 1.83. The Morgan fingerprint density at radius 3 is 3.10 bits per heavy atom. The Morgan fingerprint density at radius 2 is 2.60 bits per heavy atom. The summed E-state index contributed by atoms with van der Waals surface area (Å²) in [6, 6.07) is 0. The molecule has 0 spiro atoms. The number of oxime groups is 1. The van der Waals surface area contributed by atoms with Crippen molar-refractivity contribution < 1.29 is 5.21 Å². The van der Waals surface area contributed by atoms with Crippen LogP contribution in [0.3, 0.4) is 0 Å². The first kappa shape index (κ1) is 6.60. The second kappa shape index (κ2) is 2.86. The molecule has 0 aliphatic carbocycles. The van der Waals surface area contributed by atoms with E-state index in [1.165, 1.54) is 0 Å². The molecule has 54 valence electrons. The van der Waals surface area contributed by atoms with E-state index < -0.39 is 0 Å². The summed E-state index contributed by atoms with van der Waals surface area (Å²) in [5.41, 5.74) is 5.22. The van der Waals surface area contributed by atoms with Crippen LogP contribution in [0.15, 0.2) is 23.9 Å². The van der Waals surface area contributed by atoms with Crippen molar-refractivity contribution in [1.82, 2.24) is 9.55 Å². The van der Waals surface area contributed by atoms with Gasteiger partial charge in [-0.05, 0) is 0 Å². The lowest BCUT2D eigenvalue weighted by Crippen LogP contribution is -2.18. The zero-order chi connectivity index (χ0) is 7.40. The van der Waals surface area contributed by atoms with Gasteiger partial charge in [-0.25, -0.2) is 4.98 Å². The van der Waals surface area contributed by atoms with Crippen molar-refractivity contribution in [2.45, 2.75) is 6.54 Å². The Bertz CT molecular complexity index is 216. The second-order valence-electron chi connectivity index (χ2n) is 1.83. The maximum Gasteiger partial charge on any atom is 0.159 e. The van der Waals surface area contributed by atoms with Gasteiger partial charge in [0.25, 0.3) is 0 Å². The van der Waals surface area contributed by atoms with E-state index in [0.717, 1.165) is 0 Å². The van der Waals surface area contributed by atoms with E-state index in [-0.39, 0.29) is 5.84 Å². The Morgan fingerprint density at radius 1 is 1.80 bits per heavy atom. The molecule has 0 aliphatic heterocycles. The highest BCUT2D eigenvalue weighted by Gasteiger charge is 1.92. The monoisotopic (exact) mass is 140 g/mol. The third-order valence-corrected chi connectivity index (χ3v) is 1.03. The first-order chi connectivity index (χ1) is 4.83. The van der Waals surface area contributed by atoms with Crippen molar-refractivity contribution in [2.24, 2.45) is 10.9 Å². The molecule has 3 N–H and O–H groups in total. The fourth-order valence-corrected chi connectivity index (χ4v) is 0.599. The van der Waals surface area contributed by atoms with Gasteiger partial charge in [0.05, 0.1) is 12.9 Å². The fraction of sp³-hybridized carbons (Fsp3) is 0.200. The number of imidazole rings is 1. The minimum absolute atomic E-state index is 0.165. The SMILES string of the molecule is NC(Cn1ccnc1)=NO. The van der Waals surface area contributed by atoms with E-state index in [1.807, 2.05) is 0 Å². The van der Waals surface area contributed by atoms with Crippen LogP contribution < -0.4 is 5.73 Å². The molecular weight excluding hydrogens is 132 g/mol. The topological polar surface area (TPSA) is 76.4 Å². The lowest BCUT2D eigenvalue weighted by molar-refractivity contribution is 0.316. The number of hydrogen-bond acceptors (Lipinski definition) is 3. The average Bonchev–Trinajstić information content (AvgIpc) is 2.40. The molecule has 1 aromatic rings. The van der Waals surface area contributed by atoms with Crippen LogP contribution in [0.2, 0.25) is 0 Å². The summed E-state index contributed by atoms with van der Waals surface area (Å²) >= 11 is 0. The highest BCUT2D eigenvalue weighted by molar-refractivity contribution is 5.79. The maximum absolute atomic E-state index is 8.16. The summed E-state index contributed by atoms with van der Waals surface area (Å²) in [6.45, 7) is 0.372. The van der Waals surface area contributed by atoms with Crippen LogP contribution in [0.25, 0.3) is 0 Å². The van der Waals surface area contributed by atoms with Gasteiger partial charge in [0, 0.05) is 12.4 Å². The van der Waals surface area contributed by atoms with Crippen LogP contribution in [-0.4, -0.2) is 20.6 Å². The Hall–Kier alpha value is -1.52. The summed E-state index contributed by atoms with van der Waals surface area (Å²) in [4.78, 5) is 3.78. The molecule has 0 aromatic carbocycles. The highest BCUT2D eigenvalue weighted by Crippen LogP contribution is 1.84. The van der Waals surface area contributed by atoms with Crippen LogP contribution >= 0.6 is 0 Å². The van der Waals surface area contributed by atoms with Gasteiger partial charge in [0.1, 0.15) is 0 Å². The fourth-order valence-electron chi connectivity index (χ4n) is 0.599. The van der Waals surface area contributed by atoms with Crippen molar-refractivity contribution in [3.8, 4) is 0 Å². The third-order valence-electron chi connectivity index (χ3n) is 1.03. The van der Waals surface area contributed by atoms with E-state index in [4.69, 9.17) is 10.9 Å². The van der Waals surface area contributed by atoms with Gasteiger partial charge in [0.15, 0.2) is 5.84 Å². The number of nitrogens with two attached hydrogens (primary N) is 1. The Labute approximate surface area is 57.8 Å². The molecular formula is C5H8N4O. The van der Waals surface area contributed by atoms with Crippen LogP contribution in [0.1, 0.15) is 0 Å². The molecule has 0 unspecified atom stereocenters. The smallest absolute Gasteiger partial charge is 0.159 e. The summed E-state index contributed by atoms with van der Waals surface area (Å²) in [6.07, 6.45) is 4.96. The van der Waals surface area contributed by atoms with Gasteiger partial charge in [-0.3, -0.25) is 0 Å². The minimum atomic E-state index is 0.165. The first-order valence-corrected chi connectivity index (χ1v) is 2.75. The van der Waals surface area contributed by atoms with E-state index in [2.05, 4.69) is 10.1 Å². The minimum Gasteiger partial charge on any atom is -0.409 e. The van der Waals surface area contributed by atoms with Crippen molar-refractivity contribution in [3.63, 3.8) is 0 Å². The number of hydrogen-bond donors (Lipinski definition) is 2. The van der Waals surface area contributed by atoms with Crippen LogP contribution in [-0.2, 0) is 6.54 Å². The Kier molecular flexibility index (Phi) is 1.89. The molecule has 0 saturated heterocycles. The summed E-state index contributed by atoms with van der Waals surface area (Å²) in [5, 5.41) is 11.0. The molecule has 0 aliphatic rings. The van der Waals surface area contributed by atoms with Gasteiger partial charge in [-0.15, -0.1) is 0 Å². The predicted molar refractivity (Wildman–Crippen MR) is 35.6 cm³/mol. The molecule has 5 nitrogen and oxygen atoms in total. The molecule has 10 heavy (non-hydrogen) atoms. The zero-order valence-corrected chi connectivity index (χ0v) is 5.31. The van der Waals surface area contributed by atoms with Crippen LogP contribution in [0, 0.1) is 0 Å². The molecule has 0 radical (unpaired) electrons. The van der Waals surface area contributed by atoms with Crippen LogP contribution in [0.5, 0.6) is 0 Å². The van der Waals surface area contributed by atoms with E-state index >= 15 is 0 Å². The number of nitrogens with zero attached hydrogens (tertiary/aromatic N) is 3. The van der Waals surface area contributed by atoms with Gasteiger partial charge in [-0.1, -0.05) is 5.16 Å². The Balaban J connectivity index is 2.56. The normalized spacial score (nSPS) is 11.8. The lowest BCUT2D eigenvalue weighted by atomic mass is 10.6. The zero-order valence-electron chi connectivity index (χ0n) is 5.31. The van der Waals surface area contributed by atoms with Gasteiger partial charge < -0.3 is 15.5 Å². The summed E-state index contributed by atoms with van der Waals surface area (Å²) in [5.74, 6) is 0.165. The molecule has 1 heterocycles. The molecule has 0 amide bonds. The summed E-state index contributed by atoms with van der Waals surface area (Å²) in [7, 11) is 0. The quantitative estimate of drug-likeness (QED) is 0.254. The van der Waals surface area contributed by atoms with Crippen molar-refractivity contribution >= 4 is 5.84 Å². The van der Waals surface area contributed by atoms with Gasteiger partial charge in [-0.2, -0.15) is 0 Å². The van der Waals surface area contributed by atoms with E-state index in [9.17, 15) is 0 Å². The van der Waals surface area contributed by atoms with Gasteiger partial charge >= 0.3 is 0 Å². The van der Waals surface area contributed by atoms with E-state index in [0.29, 0.717) is 6.54 Å². The maximum atomic E-state index is 8.16. The third kappa shape index (κ3) is 1.48. The molecule has 0 bridgehead atoms. The number of amidine groups is 1. The van der Waals surface area contributed by atoms with Crippen molar-refractivity contribution in [1.29, 1.82) is 0 Å². The average molecular weight is 140 g/mol. The predicted octanol–water partition coefficient (Wildman–Crippen LogP) is -0.371. The standard InChI is InChI=1S/C5H8N4O/c6-5(8-10)3-9-2-1-7-4-9/h1-2,4,10H,3H2,(H2,6,8). The first-order valence-electron chi connectivity index (χ1n) is 2.75. The van der Waals surface area contributed by atoms with Crippen molar-refractivity contribution in [2.75, 3.05) is 0 Å². The molecule has 1 rings (SSSR count). The van der Waals surface area contributed by atoms with E-state index in [1.54, 1.807) is 23.3 Å². The summed E-state index contributed by atoms with van der Waals surface area (Å²) < 4.78 is 1.70. The van der Waals surface area contributed by atoms with Crippen molar-refractivity contribution in [3.05, 3.63) is 18.7 Å².